The van der Waals surface area contributed by atoms with Crippen LogP contribution in [0.5, 0.6) is 0 Å². The van der Waals surface area contributed by atoms with Gasteiger partial charge in [-0.15, -0.1) is 0 Å². The van der Waals surface area contributed by atoms with Crippen LogP contribution in [0.1, 0.15) is 65.3 Å². The molecule has 6 nitrogen and oxygen atoms in total. The number of amides is 2. The fourth-order valence-electron chi connectivity index (χ4n) is 3.46. The van der Waals surface area contributed by atoms with E-state index in [0.717, 1.165) is 16.9 Å². The monoisotopic (exact) mass is 426 g/mol. The van der Waals surface area contributed by atoms with Gasteiger partial charge in [0.15, 0.2) is 0 Å². The van der Waals surface area contributed by atoms with Crippen LogP contribution in [0.25, 0.3) is 5.69 Å². The van der Waals surface area contributed by atoms with E-state index in [0.29, 0.717) is 12.4 Å². The molecule has 0 aliphatic rings. The number of rotatable bonds is 7. The van der Waals surface area contributed by atoms with Crippen molar-refractivity contribution in [2.24, 2.45) is 11.8 Å². The Bertz CT molecular complexity index is 935. The maximum atomic E-state index is 13.0. The first-order chi connectivity index (χ1) is 14.3. The molecule has 0 saturated carbocycles. The third-order valence-electron chi connectivity index (χ3n) is 5.05. The van der Waals surface area contributed by atoms with Crippen molar-refractivity contribution < 1.29 is 9.59 Å². The lowest BCUT2D eigenvalue weighted by molar-refractivity contribution is -0.138. The number of nitrogens with one attached hydrogen (secondary N) is 1. The quantitative estimate of drug-likeness (QED) is 0.687. The Morgan fingerprint density at radius 2 is 1.74 bits per heavy atom. The molecule has 2 rings (SSSR count). The predicted octanol–water partition coefficient (Wildman–Crippen LogP) is 4.87. The molecule has 0 spiro atoms. The van der Waals surface area contributed by atoms with Gasteiger partial charge in [0, 0.05) is 23.9 Å². The summed E-state index contributed by atoms with van der Waals surface area (Å²) < 4.78 is 1.80. The molecule has 31 heavy (non-hydrogen) atoms. The zero-order valence-corrected chi connectivity index (χ0v) is 20.5. The van der Waals surface area contributed by atoms with Gasteiger partial charge in [-0.05, 0) is 31.4 Å². The minimum Gasteiger partial charge on any atom is -0.333 e. The molecule has 0 radical (unpaired) electrons. The molecule has 0 saturated heterocycles. The van der Waals surface area contributed by atoms with E-state index in [1.165, 1.54) is 5.56 Å². The van der Waals surface area contributed by atoms with Crippen LogP contribution in [0.4, 0.5) is 5.82 Å². The zero-order valence-electron chi connectivity index (χ0n) is 20.5. The summed E-state index contributed by atoms with van der Waals surface area (Å²) in [4.78, 5) is 27.2. The summed E-state index contributed by atoms with van der Waals surface area (Å²) in [5, 5.41) is 7.82. The number of anilines is 1. The molecule has 170 valence electrons. The average molecular weight is 427 g/mol. The van der Waals surface area contributed by atoms with Crippen molar-refractivity contribution in [1.82, 2.24) is 14.7 Å². The van der Waals surface area contributed by atoms with Gasteiger partial charge < -0.3 is 10.2 Å². The molecule has 1 heterocycles. The second-order valence-corrected chi connectivity index (χ2v) is 10.2. The molecular weight excluding hydrogens is 388 g/mol. The average Bonchev–Trinajstić information content (AvgIpc) is 3.03. The molecule has 0 bridgehead atoms. The number of benzene rings is 1. The molecular formula is C25H38N4O2. The summed E-state index contributed by atoms with van der Waals surface area (Å²) in [5.41, 5.74) is 3.90. The largest absolute Gasteiger partial charge is 0.333 e. The van der Waals surface area contributed by atoms with E-state index in [1.54, 1.807) is 9.58 Å². The summed E-state index contributed by atoms with van der Waals surface area (Å²) >= 11 is 0. The van der Waals surface area contributed by atoms with E-state index in [-0.39, 0.29) is 35.6 Å². The third kappa shape index (κ3) is 6.42. The summed E-state index contributed by atoms with van der Waals surface area (Å²) in [5.74, 6) is 0.509. The molecule has 0 fully saturated rings. The van der Waals surface area contributed by atoms with Crippen LogP contribution in [0.15, 0.2) is 24.3 Å². The van der Waals surface area contributed by atoms with Gasteiger partial charge in [-0.1, -0.05) is 66.2 Å². The molecule has 0 atom stereocenters. The van der Waals surface area contributed by atoms with Gasteiger partial charge in [-0.2, -0.15) is 5.10 Å². The Balaban J connectivity index is 2.37. The minimum absolute atomic E-state index is 0.0119. The highest BCUT2D eigenvalue weighted by molar-refractivity contribution is 5.94. The standard InChI is InChI=1S/C25H38N4O2/c1-16(2)14-28(24(31)17(3)4)15-23(30)26-22-13-21(25(7,8)9)27-29(22)20-11-10-18(5)12-19(20)6/h10-13,16-17H,14-15H2,1-9H3,(H,26,30). The summed E-state index contributed by atoms with van der Waals surface area (Å²) in [6, 6.07) is 8.09. The Morgan fingerprint density at radius 3 is 2.26 bits per heavy atom. The van der Waals surface area contributed by atoms with Crippen molar-refractivity contribution in [2.45, 2.75) is 67.7 Å². The molecule has 1 aromatic carbocycles. The van der Waals surface area contributed by atoms with Gasteiger partial charge in [0.1, 0.15) is 5.82 Å². The minimum atomic E-state index is -0.221. The van der Waals surface area contributed by atoms with E-state index < -0.39 is 0 Å². The van der Waals surface area contributed by atoms with Crippen LogP contribution >= 0.6 is 0 Å². The first-order valence-electron chi connectivity index (χ1n) is 11.1. The maximum Gasteiger partial charge on any atom is 0.245 e. The van der Waals surface area contributed by atoms with Gasteiger partial charge in [0.25, 0.3) is 0 Å². The van der Waals surface area contributed by atoms with E-state index in [2.05, 4.69) is 39.1 Å². The number of hydrogen-bond acceptors (Lipinski definition) is 3. The Morgan fingerprint density at radius 1 is 1.10 bits per heavy atom. The Labute approximate surface area is 187 Å². The second-order valence-electron chi connectivity index (χ2n) is 10.2. The lowest BCUT2D eigenvalue weighted by atomic mass is 9.92. The molecule has 1 aromatic heterocycles. The zero-order chi connectivity index (χ0) is 23.5. The van der Waals surface area contributed by atoms with E-state index in [1.807, 2.05) is 52.8 Å². The van der Waals surface area contributed by atoms with Crippen LogP contribution in [0.2, 0.25) is 0 Å². The number of hydrogen-bond donors (Lipinski definition) is 1. The summed E-state index contributed by atoms with van der Waals surface area (Å²) in [6.45, 7) is 18.8. The van der Waals surface area contributed by atoms with Crippen molar-refractivity contribution >= 4 is 17.6 Å². The van der Waals surface area contributed by atoms with Crippen LogP contribution in [-0.2, 0) is 15.0 Å². The van der Waals surface area contributed by atoms with E-state index in [9.17, 15) is 9.59 Å². The van der Waals surface area contributed by atoms with E-state index >= 15 is 0 Å². The van der Waals surface area contributed by atoms with Crippen LogP contribution in [0.3, 0.4) is 0 Å². The van der Waals surface area contributed by atoms with Crippen LogP contribution < -0.4 is 5.32 Å². The summed E-state index contributed by atoms with van der Waals surface area (Å²) in [6.07, 6.45) is 0. The topological polar surface area (TPSA) is 67.2 Å². The van der Waals surface area contributed by atoms with Crippen molar-refractivity contribution in [3.05, 3.63) is 41.1 Å². The Kier molecular flexibility index (Phi) is 7.68. The Hall–Kier alpha value is -2.63. The molecule has 0 aliphatic carbocycles. The highest BCUT2D eigenvalue weighted by atomic mass is 16.2. The first-order valence-corrected chi connectivity index (χ1v) is 11.1. The van der Waals surface area contributed by atoms with Crippen molar-refractivity contribution in [2.75, 3.05) is 18.4 Å². The maximum absolute atomic E-state index is 13.0. The fraction of sp³-hybridized carbons (Fsp3) is 0.560. The van der Waals surface area contributed by atoms with E-state index in [4.69, 9.17) is 5.10 Å². The van der Waals surface area contributed by atoms with Crippen molar-refractivity contribution in [3.63, 3.8) is 0 Å². The second kappa shape index (κ2) is 9.67. The summed E-state index contributed by atoms with van der Waals surface area (Å²) in [7, 11) is 0. The number of aromatic nitrogens is 2. The number of carbonyl (C=O) groups excluding carboxylic acids is 2. The molecule has 2 aromatic rings. The molecule has 0 aliphatic heterocycles. The van der Waals surface area contributed by atoms with Crippen molar-refractivity contribution in [3.8, 4) is 5.69 Å². The van der Waals surface area contributed by atoms with Gasteiger partial charge in [0.05, 0.1) is 17.9 Å². The van der Waals surface area contributed by atoms with Crippen LogP contribution in [-0.4, -0.2) is 39.6 Å². The normalized spacial score (nSPS) is 11.8. The van der Waals surface area contributed by atoms with Crippen molar-refractivity contribution in [1.29, 1.82) is 0 Å². The highest BCUT2D eigenvalue weighted by Gasteiger charge is 2.24. The number of nitrogens with zero attached hydrogens (tertiary/aromatic N) is 3. The predicted molar refractivity (Wildman–Crippen MR) is 127 cm³/mol. The lowest BCUT2D eigenvalue weighted by Gasteiger charge is -2.25. The third-order valence-corrected chi connectivity index (χ3v) is 5.05. The van der Waals surface area contributed by atoms with Gasteiger partial charge >= 0.3 is 0 Å². The molecule has 1 N–H and O–H groups in total. The van der Waals surface area contributed by atoms with Gasteiger partial charge in [0.2, 0.25) is 11.8 Å². The molecule has 0 unspecified atom stereocenters. The van der Waals surface area contributed by atoms with Gasteiger partial charge in [-0.25, -0.2) is 4.68 Å². The van der Waals surface area contributed by atoms with Crippen LogP contribution in [0, 0.1) is 25.7 Å². The SMILES string of the molecule is Cc1ccc(-n2nc(C(C)(C)C)cc2NC(=O)CN(CC(C)C)C(=O)C(C)C)c(C)c1. The number of carbonyl (C=O) groups is 2. The fourth-order valence-corrected chi connectivity index (χ4v) is 3.46. The lowest BCUT2D eigenvalue weighted by Crippen LogP contribution is -2.42. The first kappa shape index (κ1) is 24.6. The smallest absolute Gasteiger partial charge is 0.245 e. The van der Waals surface area contributed by atoms with Gasteiger partial charge in [-0.3, -0.25) is 9.59 Å². The number of aryl methyl sites for hydroxylation is 2. The molecule has 6 heteroatoms. The highest BCUT2D eigenvalue weighted by Crippen LogP contribution is 2.27. The molecule has 2 amide bonds.